The molecule has 0 fully saturated rings. The van der Waals surface area contributed by atoms with E-state index in [0.717, 1.165) is 12.1 Å². The second kappa shape index (κ2) is 12.1. The van der Waals surface area contributed by atoms with Gasteiger partial charge in [-0.3, -0.25) is 4.79 Å². The summed E-state index contributed by atoms with van der Waals surface area (Å²) in [6.45, 7) is -1.00. The number of allylic oxidation sites excluding steroid dienone is 1. The Hall–Kier alpha value is -2.00. The molecule has 0 N–H and O–H groups in total. The van der Waals surface area contributed by atoms with Crippen molar-refractivity contribution in [3.63, 3.8) is 0 Å². The second-order valence-electron chi connectivity index (χ2n) is 8.60. The average Bonchev–Trinajstić information content (AvgIpc) is 2.77. The van der Waals surface area contributed by atoms with Gasteiger partial charge in [-0.05, 0) is 29.8 Å². The number of rotatable bonds is 9. The molecular weight excluding hydrogens is 648 g/mol. The van der Waals surface area contributed by atoms with E-state index in [1.165, 1.54) is 0 Å². The van der Waals surface area contributed by atoms with Gasteiger partial charge in [0.25, 0.3) is 5.92 Å². The summed E-state index contributed by atoms with van der Waals surface area (Å²) in [5.74, 6) is -11.4. The van der Waals surface area contributed by atoms with E-state index in [9.17, 15) is 52.7 Å². The summed E-state index contributed by atoms with van der Waals surface area (Å²) >= 11 is 17.2. The van der Waals surface area contributed by atoms with Crippen LogP contribution in [0.3, 0.4) is 0 Å². The lowest BCUT2D eigenvalue weighted by molar-refractivity contribution is -0.140. The summed E-state index contributed by atoms with van der Waals surface area (Å²) < 4.78 is 148. The molecule has 0 saturated carbocycles. The number of hydrogen-bond donors (Lipinski definition) is 0. The fraction of sp³-hybridized carbons (Fsp3) is 0.348. The van der Waals surface area contributed by atoms with Crippen LogP contribution in [0.4, 0.5) is 39.5 Å². The number of likely N-dealkylation sites (N-methyl/N-ethyl adjacent to an activating group) is 1. The summed E-state index contributed by atoms with van der Waals surface area (Å²) in [7, 11) is -4.09. The van der Waals surface area contributed by atoms with Crippen molar-refractivity contribution in [3.8, 4) is 0 Å². The maximum Gasteiger partial charge on any atom is 0.417 e. The zero-order valence-electron chi connectivity index (χ0n) is 20.1. The number of benzene rings is 2. The maximum absolute atomic E-state index is 15.0. The molecule has 0 bridgehead atoms. The van der Waals surface area contributed by atoms with Gasteiger partial charge in [0.05, 0.1) is 27.2 Å². The molecule has 0 amide bonds. The molecule has 40 heavy (non-hydrogen) atoms. The molecule has 1 unspecified atom stereocenters. The first-order valence-corrected chi connectivity index (χ1v) is 13.3. The molecule has 0 spiro atoms. The van der Waals surface area contributed by atoms with Crippen molar-refractivity contribution in [2.75, 3.05) is 19.3 Å². The number of alkyl halides is 8. The van der Waals surface area contributed by atoms with E-state index in [-0.39, 0.29) is 28.4 Å². The number of Topliss-reactive ketones (excluding diaryl/α,β-unsaturated/α-hetero) is 1. The first-order chi connectivity index (χ1) is 17.9. The first-order valence-electron chi connectivity index (χ1n) is 10.6. The van der Waals surface area contributed by atoms with Crippen LogP contribution in [0.1, 0.15) is 39.9 Å². The molecule has 0 saturated heterocycles. The molecule has 4 nitrogen and oxygen atoms in total. The molecule has 17 heteroatoms. The molecule has 0 radical (unpaired) electrons. The van der Waals surface area contributed by atoms with Crippen LogP contribution < -0.4 is 0 Å². The molecule has 0 heterocycles. The van der Waals surface area contributed by atoms with Gasteiger partial charge in [-0.2, -0.15) is 30.6 Å². The lowest BCUT2D eigenvalue weighted by Crippen LogP contribution is -2.39. The Morgan fingerprint density at radius 1 is 0.975 bits per heavy atom. The predicted octanol–water partition coefficient (Wildman–Crippen LogP) is 8.42. The molecule has 0 aliphatic rings. The highest BCUT2D eigenvalue weighted by Gasteiger charge is 2.41. The van der Waals surface area contributed by atoms with Crippen molar-refractivity contribution in [2.24, 2.45) is 0 Å². The zero-order chi connectivity index (χ0) is 31.0. The third kappa shape index (κ3) is 8.75. The molecule has 0 aliphatic heterocycles. The fourth-order valence-corrected chi connectivity index (χ4v) is 5.15. The van der Waals surface area contributed by atoms with E-state index in [1.54, 1.807) is 0 Å². The van der Waals surface area contributed by atoms with E-state index >= 15 is 0 Å². The summed E-state index contributed by atoms with van der Waals surface area (Å²) in [5.41, 5.74) is -4.65. The third-order valence-electron chi connectivity index (χ3n) is 5.21. The normalized spacial score (nSPS) is 14.5. The summed E-state index contributed by atoms with van der Waals surface area (Å²) in [5, 5.41) is -1.08. The minimum atomic E-state index is -5.35. The molecule has 2 rings (SSSR count). The predicted molar refractivity (Wildman–Crippen MR) is 132 cm³/mol. The van der Waals surface area contributed by atoms with E-state index in [0.29, 0.717) is 19.2 Å². The second-order valence-corrected chi connectivity index (χ2v) is 11.9. The summed E-state index contributed by atoms with van der Waals surface area (Å²) in [6.07, 6.45) is -10.5. The highest BCUT2D eigenvalue weighted by atomic mass is 35.5. The number of carbonyl (C=O) groups is 1. The first kappa shape index (κ1) is 34.2. The maximum atomic E-state index is 15.0. The number of hydrogen-bond acceptors (Lipinski definition) is 3. The van der Waals surface area contributed by atoms with Crippen LogP contribution in [-0.4, -0.2) is 50.0 Å². The Bertz CT molecular complexity index is 1400. The van der Waals surface area contributed by atoms with Gasteiger partial charge >= 0.3 is 12.4 Å². The van der Waals surface area contributed by atoms with Crippen LogP contribution in [0, 0.1) is 0 Å². The van der Waals surface area contributed by atoms with Gasteiger partial charge in [0, 0.05) is 25.1 Å². The van der Waals surface area contributed by atoms with Crippen molar-refractivity contribution in [2.45, 2.75) is 31.1 Å². The van der Waals surface area contributed by atoms with Crippen molar-refractivity contribution in [3.05, 3.63) is 73.7 Å². The highest BCUT2D eigenvalue weighted by Crippen LogP contribution is 2.43. The van der Waals surface area contributed by atoms with E-state index in [1.807, 2.05) is 0 Å². The van der Waals surface area contributed by atoms with Crippen LogP contribution in [0.5, 0.6) is 0 Å². The minimum absolute atomic E-state index is 0.0296. The Morgan fingerprint density at radius 2 is 1.50 bits per heavy atom. The van der Waals surface area contributed by atoms with E-state index in [4.69, 9.17) is 34.8 Å². The number of halogens is 12. The van der Waals surface area contributed by atoms with Crippen molar-refractivity contribution >= 4 is 56.4 Å². The molecule has 2 aromatic rings. The fourth-order valence-electron chi connectivity index (χ4n) is 3.36. The van der Waals surface area contributed by atoms with Crippen molar-refractivity contribution in [1.82, 2.24) is 4.31 Å². The van der Waals surface area contributed by atoms with Gasteiger partial charge in [-0.1, -0.05) is 46.9 Å². The Balaban J connectivity index is 2.53. The lowest BCUT2D eigenvalue weighted by Gasteiger charge is -2.20. The SMILES string of the molecule is CN(CC(=O)c1ccc(/C(F)=C/C(c2cc(Cl)c(Cl)c(Cl)c2)C(F)(F)F)cc1C(F)(F)F)S(=O)(=O)CC(C)(F)F. The smallest absolute Gasteiger partial charge is 0.293 e. The molecule has 2 aromatic carbocycles. The largest absolute Gasteiger partial charge is 0.417 e. The van der Waals surface area contributed by atoms with Crippen LogP contribution >= 0.6 is 34.8 Å². The van der Waals surface area contributed by atoms with Crippen LogP contribution in [0.15, 0.2) is 36.4 Å². The standard InChI is InChI=1S/C23H17Cl3F9NO3S/c1-21(28,29)10-40(38,39)36(2)9-19(37)13-4-3-11(5-15(13)23(33,34)35)18(27)8-14(22(30,31)32)12-6-16(24)20(26)17(25)7-12/h3-8,14H,9-10H2,1-2H3/b18-8-. The van der Waals surface area contributed by atoms with E-state index < -0.39 is 90.4 Å². The molecule has 1 atom stereocenters. The van der Waals surface area contributed by atoms with E-state index in [2.05, 4.69) is 0 Å². The number of carbonyl (C=O) groups excluding carboxylic acids is 1. The van der Waals surface area contributed by atoms with Crippen LogP contribution in [-0.2, 0) is 16.2 Å². The monoisotopic (exact) mass is 663 g/mol. The molecular formula is C23H17Cl3F9NO3S. The topological polar surface area (TPSA) is 54.5 Å². The zero-order valence-corrected chi connectivity index (χ0v) is 23.2. The van der Waals surface area contributed by atoms with Crippen molar-refractivity contribution < 1.29 is 52.7 Å². The highest BCUT2D eigenvalue weighted by molar-refractivity contribution is 7.89. The third-order valence-corrected chi connectivity index (χ3v) is 8.36. The molecule has 0 aliphatic carbocycles. The van der Waals surface area contributed by atoms with Crippen LogP contribution in [0.2, 0.25) is 15.1 Å². The average molecular weight is 665 g/mol. The van der Waals surface area contributed by atoms with Gasteiger partial charge in [-0.15, -0.1) is 0 Å². The van der Waals surface area contributed by atoms with Gasteiger partial charge < -0.3 is 0 Å². The van der Waals surface area contributed by atoms with Gasteiger partial charge in [-0.25, -0.2) is 21.6 Å². The lowest BCUT2D eigenvalue weighted by atomic mass is 9.95. The number of sulfonamides is 1. The Morgan fingerprint density at radius 3 is 1.95 bits per heavy atom. The Kier molecular flexibility index (Phi) is 10.3. The van der Waals surface area contributed by atoms with Gasteiger partial charge in [0.2, 0.25) is 10.0 Å². The number of nitrogens with zero attached hydrogens (tertiary/aromatic N) is 1. The minimum Gasteiger partial charge on any atom is -0.293 e. The molecule has 222 valence electrons. The quantitative estimate of drug-likeness (QED) is 0.154. The summed E-state index contributed by atoms with van der Waals surface area (Å²) in [4.78, 5) is 12.5. The van der Waals surface area contributed by atoms with Crippen molar-refractivity contribution in [1.29, 1.82) is 0 Å². The number of ketones is 1. The van der Waals surface area contributed by atoms with Gasteiger partial charge in [0.15, 0.2) is 5.78 Å². The molecule has 0 aromatic heterocycles. The summed E-state index contributed by atoms with van der Waals surface area (Å²) in [6, 6.07) is 2.56. The van der Waals surface area contributed by atoms with Gasteiger partial charge in [0.1, 0.15) is 17.5 Å². The Labute approximate surface area is 237 Å². The van der Waals surface area contributed by atoms with Crippen LogP contribution in [0.25, 0.3) is 5.83 Å².